The molecule has 0 aliphatic carbocycles. The summed E-state index contributed by atoms with van der Waals surface area (Å²) in [6.07, 6.45) is 4.55. The fraction of sp³-hybridized carbons (Fsp3) is 0.312. The first-order valence-electron chi connectivity index (χ1n) is 6.44. The van der Waals surface area contributed by atoms with Gasteiger partial charge in [0.2, 0.25) is 0 Å². The molecular weight excluding hydrogens is 236 g/mol. The Morgan fingerprint density at radius 3 is 2.58 bits per heavy atom. The van der Waals surface area contributed by atoms with Crippen molar-refractivity contribution in [3.63, 3.8) is 0 Å². The molecule has 3 heteroatoms. The standard InChI is InChI=1S/C16H20N2O/c1-12-4-6-13(7-5-12)8-16(17-2)14-9-15(19-3)11-18-10-14/h4-7,9-11,16-17H,8H2,1-3H3. The van der Waals surface area contributed by atoms with Crippen LogP contribution >= 0.6 is 0 Å². The lowest BCUT2D eigenvalue weighted by atomic mass is 9.99. The van der Waals surface area contributed by atoms with Crippen LogP contribution in [-0.4, -0.2) is 19.1 Å². The van der Waals surface area contributed by atoms with Crippen molar-refractivity contribution in [1.82, 2.24) is 10.3 Å². The van der Waals surface area contributed by atoms with Crippen LogP contribution < -0.4 is 10.1 Å². The Balaban J connectivity index is 2.17. The molecule has 1 heterocycles. The first-order chi connectivity index (χ1) is 9.22. The fourth-order valence-electron chi connectivity index (χ4n) is 2.08. The predicted molar refractivity (Wildman–Crippen MR) is 77.5 cm³/mol. The molecule has 1 N–H and O–H groups in total. The van der Waals surface area contributed by atoms with E-state index in [1.807, 2.05) is 19.3 Å². The van der Waals surface area contributed by atoms with Crippen LogP contribution in [0.15, 0.2) is 42.7 Å². The molecule has 2 aromatic rings. The molecule has 0 saturated heterocycles. The van der Waals surface area contributed by atoms with Crippen LogP contribution in [0, 0.1) is 6.92 Å². The summed E-state index contributed by atoms with van der Waals surface area (Å²) in [5.74, 6) is 0.793. The van der Waals surface area contributed by atoms with E-state index in [9.17, 15) is 0 Å². The topological polar surface area (TPSA) is 34.2 Å². The summed E-state index contributed by atoms with van der Waals surface area (Å²) in [6.45, 7) is 2.10. The van der Waals surface area contributed by atoms with Crippen LogP contribution in [0.3, 0.4) is 0 Å². The maximum atomic E-state index is 5.23. The van der Waals surface area contributed by atoms with Gasteiger partial charge in [0.05, 0.1) is 13.3 Å². The average molecular weight is 256 g/mol. The van der Waals surface area contributed by atoms with Crippen LogP contribution in [0.1, 0.15) is 22.7 Å². The number of nitrogens with one attached hydrogen (secondary N) is 1. The van der Waals surface area contributed by atoms with E-state index in [4.69, 9.17) is 4.74 Å². The van der Waals surface area contributed by atoms with Crippen molar-refractivity contribution in [3.8, 4) is 5.75 Å². The summed E-state index contributed by atoms with van der Waals surface area (Å²) in [4.78, 5) is 4.22. The maximum absolute atomic E-state index is 5.23. The third-order valence-electron chi connectivity index (χ3n) is 3.28. The molecule has 1 unspecified atom stereocenters. The van der Waals surface area contributed by atoms with Gasteiger partial charge < -0.3 is 10.1 Å². The Labute approximate surface area is 114 Å². The minimum absolute atomic E-state index is 0.241. The van der Waals surface area contributed by atoms with Gasteiger partial charge in [-0.3, -0.25) is 4.98 Å². The van der Waals surface area contributed by atoms with E-state index < -0.39 is 0 Å². The Kier molecular flexibility index (Phi) is 4.53. The van der Waals surface area contributed by atoms with Crippen molar-refractivity contribution in [3.05, 3.63) is 59.4 Å². The van der Waals surface area contributed by atoms with E-state index in [0.29, 0.717) is 0 Å². The zero-order valence-electron chi connectivity index (χ0n) is 11.7. The third kappa shape index (κ3) is 3.55. The molecule has 3 nitrogen and oxygen atoms in total. The van der Waals surface area contributed by atoms with Crippen LogP contribution in [-0.2, 0) is 6.42 Å². The largest absolute Gasteiger partial charge is 0.495 e. The van der Waals surface area contributed by atoms with Gasteiger partial charge in [0.25, 0.3) is 0 Å². The van der Waals surface area contributed by atoms with Gasteiger partial charge >= 0.3 is 0 Å². The van der Waals surface area contributed by atoms with E-state index in [2.05, 4.69) is 41.5 Å². The second kappa shape index (κ2) is 6.34. The molecule has 0 radical (unpaired) electrons. The summed E-state index contributed by atoms with van der Waals surface area (Å²) in [5, 5.41) is 3.34. The number of hydrogen-bond donors (Lipinski definition) is 1. The number of nitrogens with zero attached hydrogens (tertiary/aromatic N) is 1. The summed E-state index contributed by atoms with van der Waals surface area (Å²) in [7, 11) is 3.63. The first kappa shape index (κ1) is 13.6. The molecule has 2 rings (SSSR count). The van der Waals surface area contributed by atoms with Crippen LogP contribution in [0.4, 0.5) is 0 Å². The molecule has 0 amide bonds. The van der Waals surface area contributed by atoms with Gasteiger partial charge in [-0.05, 0) is 37.6 Å². The van der Waals surface area contributed by atoms with E-state index in [1.165, 1.54) is 11.1 Å². The Morgan fingerprint density at radius 2 is 1.95 bits per heavy atom. The number of pyridine rings is 1. The van der Waals surface area contributed by atoms with E-state index >= 15 is 0 Å². The van der Waals surface area contributed by atoms with Crippen molar-refractivity contribution in [2.75, 3.05) is 14.2 Å². The van der Waals surface area contributed by atoms with Gasteiger partial charge in [-0.25, -0.2) is 0 Å². The van der Waals surface area contributed by atoms with Crippen LogP contribution in [0.5, 0.6) is 5.75 Å². The number of methoxy groups -OCH3 is 1. The van der Waals surface area contributed by atoms with Crippen molar-refractivity contribution >= 4 is 0 Å². The lowest BCUT2D eigenvalue weighted by molar-refractivity contribution is 0.411. The number of ether oxygens (including phenoxy) is 1. The Morgan fingerprint density at radius 1 is 1.21 bits per heavy atom. The van der Waals surface area contributed by atoms with Gasteiger partial charge in [-0.1, -0.05) is 29.8 Å². The summed E-state index contributed by atoms with van der Waals surface area (Å²) in [5.41, 5.74) is 3.74. The van der Waals surface area contributed by atoms with Crippen molar-refractivity contribution < 1.29 is 4.74 Å². The number of hydrogen-bond acceptors (Lipinski definition) is 3. The second-order valence-electron chi connectivity index (χ2n) is 4.69. The highest BCUT2D eigenvalue weighted by Crippen LogP contribution is 2.21. The fourth-order valence-corrected chi connectivity index (χ4v) is 2.08. The molecule has 1 atom stereocenters. The predicted octanol–water partition coefficient (Wildman–Crippen LogP) is 2.90. The lowest BCUT2D eigenvalue weighted by Gasteiger charge is -2.17. The highest BCUT2D eigenvalue weighted by atomic mass is 16.5. The molecule has 1 aromatic carbocycles. The van der Waals surface area contributed by atoms with Gasteiger partial charge in [0.1, 0.15) is 5.75 Å². The second-order valence-corrected chi connectivity index (χ2v) is 4.69. The van der Waals surface area contributed by atoms with E-state index in [-0.39, 0.29) is 6.04 Å². The lowest BCUT2D eigenvalue weighted by Crippen LogP contribution is -2.19. The molecule has 0 bridgehead atoms. The summed E-state index contributed by atoms with van der Waals surface area (Å²) in [6, 6.07) is 10.9. The minimum Gasteiger partial charge on any atom is -0.495 e. The number of likely N-dealkylation sites (N-methyl/N-ethyl adjacent to an activating group) is 1. The molecule has 0 saturated carbocycles. The highest BCUT2D eigenvalue weighted by molar-refractivity contribution is 5.29. The van der Waals surface area contributed by atoms with Gasteiger partial charge in [-0.2, -0.15) is 0 Å². The Hall–Kier alpha value is -1.87. The van der Waals surface area contributed by atoms with Crippen molar-refractivity contribution in [1.29, 1.82) is 0 Å². The number of aryl methyl sites for hydroxylation is 1. The highest BCUT2D eigenvalue weighted by Gasteiger charge is 2.11. The SMILES string of the molecule is CNC(Cc1ccc(C)cc1)c1cncc(OC)c1. The molecule has 1 aromatic heterocycles. The quantitative estimate of drug-likeness (QED) is 0.893. The van der Waals surface area contributed by atoms with Crippen molar-refractivity contribution in [2.45, 2.75) is 19.4 Å². The van der Waals surface area contributed by atoms with Gasteiger partial charge in [0.15, 0.2) is 0 Å². The van der Waals surface area contributed by atoms with Gasteiger partial charge in [0, 0.05) is 12.2 Å². The average Bonchev–Trinajstić information content (AvgIpc) is 2.46. The smallest absolute Gasteiger partial charge is 0.137 e. The monoisotopic (exact) mass is 256 g/mol. The van der Waals surface area contributed by atoms with Crippen LogP contribution in [0.2, 0.25) is 0 Å². The summed E-state index contributed by atoms with van der Waals surface area (Å²) < 4.78 is 5.23. The number of benzene rings is 1. The summed E-state index contributed by atoms with van der Waals surface area (Å²) >= 11 is 0. The molecule has 0 aliphatic rings. The first-order valence-corrected chi connectivity index (χ1v) is 6.44. The molecule has 100 valence electrons. The molecule has 0 spiro atoms. The molecule has 19 heavy (non-hydrogen) atoms. The van der Waals surface area contributed by atoms with E-state index in [0.717, 1.165) is 17.7 Å². The molecule has 0 fully saturated rings. The van der Waals surface area contributed by atoms with Crippen LogP contribution in [0.25, 0.3) is 0 Å². The zero-order chi connectivity index (χ0) is 13.7. The Bertz CT molecular complexity index is 523. The number of rotatable bonds is 5. The zero-order valence-corrected chi connectivity index (χ0v) is 11.7. The maximum Gasteiger partial charge on any atom is 0.137 e. The van der Waals surface area contributed by atoms with Gasteiger partial charge in [-0.15, -0.1) is 0 Å². The number of aromatic nitrogens is 1. The normalized spacial score (nSPS) is 12.2. The molecule has 0 aliphatic heterocycles. The minimum atomic E-state index is 0.241. The molecular formula is C16H20N2O. The van der Waals surface area contributed by atoms with Crippen molar-refractivity contribution in [2.24, 2.45) is 0 Å². The van der Waals surface area contributed by atoms with E-state index in [1.54, 1.807) is 13.3 Å². The third-order valence-corrected chi connectivity index (χ3v) is 3.28.